The minimum atomic E-state index is -0.997. The van der Waals surface area contributed by atoms with Crippen LogP contribution in [0.15, 0.2) is 224 Å². The summed E-state index contributed by atoms with van der Waals surface area (Å²) in [6, 6.07) is 81.9. The van der Waals surface area contributed by atoms with Gasteiger partial charge >= 0.3 is 0 Å². The third-order valence-corrected chi connectivity index (χ3v) is 14.1. The largest absolute Gasteiger partial charge is 0.309 e. The van der Waals surface area contributed by atoms with Gasteiger partial charge in [-0.25, -0.2) is 0 Å². The normalized spacial score (nSPS) is 13.9. The molecule has 0 radical (unpaired) electrons. The summed E-state index contributed by atoms with van der Waals surface area (Å²) in [6.45, 7) is 0. The highest BCUT2D eigenvalue weighted by Crippen LogP contribution is 2.65. The van der Waals surface area contributed by atoms with Crippen molar-refractivity contribution in [1.82, 2.24) is 9.13 Å². The summed E-state index contributed by atoms with van der Waals surface area (Å²) < 4.78 is 9.95. The van der Waals surface area contributed by atoms with E-state index < -0.39 is 8.22 Å². The lowest BCUT2D eigenvalue weighted by Crippen LogP contribution is -2.21. The van der Waals surface area contributed by atoms with Crippen LogP contribution in [0.25, 0.3) is 66.1 Å². The van der Waals surface area contributed by atoms with Gasteiger partial charge in [-0.2, -0.15) is 0 Å². The molecule has 2 aromatic heterocycles. The second-order valence-electron chi connectivity index (χ2n) is 15.1. The summed E-state index contributed by atoms with van der Waals surface area (Å²) in [5.41, 5.74) is 14.2. The molecular weight excluding hydrogens is 736 g/mol. The van der Waals surface area contributed by atoms with Crippen LogP contribution < -0.4 is 14.6 Å². The van der Waals surface area contributed by atoms with Crippen LogP contribution in [0.3, 0.4) is 0 Å². The Morgan fingerprint density at radius 3 is 1.41 bits per heavy atom. The van der Waals surface area contributed by atoms with Crippen LogP contribution in [0.1, 0.15) is 0 Å². The number of benzene rings is 9. The Morgan fingerprint density at radius 2 is 0.746 bits per heavy atom. The maximum Gasteiger partial charge on any atom is 0.138 e. The first-order valence-corrected chi connectivity index (χ1v) is 21.4. The molecule has 4 nitrogen and oxygen atoms in total. The number of fused-ring (bicyclic) bond motifs is 7. The van der Waals surface area contributed by atoms with Gasteiger partial charge in [0.15, 0.2) is 0 Å². The van der Waals surface area contributed by atoms with Crippen LogP contribution in [-0.2, 0) is 0 Å². The Bertz CT molecular complexity index is 3340. The van der Waals surface area contributed by atoms with Gasteiger partial charge in [0.25, 0.3) is 0 Å². The van der Waals surface area contributed by atoms with Crippen LogP contribution in [0.4, 0.5) is 22.7 Å². The average molecular weight is 773 g/mol. The number of rotatable bonds is 6. The lowest BCUT2D eigenvalue weighted by atomic mass is 10.0. The molecule has 0 saturated heterocycles. The molecule has 59 heavy (non-hydrogen) atoms. The van der Waals surface area contributed by atoms with Gasteiger partial charge in [-0.05, 0) is 96.1 Å². The minimum absolute atomic E-state index is 0.997. The zero-order chi connectivity index (χ0) is 38.9. The van der Waals surface area contributed by atoms with Crippen molar-refractivity contribution in [3.63, 3.8) is 0 Å². The topological polar surface area (TPSA) is 16.3 Å². The summed E-state index contributed by atoms with van der Waals surface area (Å²) in [4.78, 5) is 0. The number of nitrogens with zero attached hydrogens (tertiary/aromatic N) is 4. The fourth-order valence-electron chi connectivity index (χ4n) is 9.16. The zero-order valence-electron chi connectivity index (χ0n) is 32.1. The number of anilines is 4. The van der Waals surface area contributed by atoms with Gasteiger partial charge in [0.05, 0.1) is 33.4 Å². The molecule has 1 aliphatic rings. The van der Waals surface area contributed by atoms with Crippen molar-refractivity contribution in [2.45, 2.75) is 0 Å². The Hall–Kier alpha value is -7.39. The van der Waals surface area contributed by atoms with Crippen LogP contribution in [0.2, 0.25) is 0 Å². The molecule has 0 spiro atoms. The molecule has 0 amide bonds. The molecule has 0 fully saturated rings. The van der Waals surface area contributed by atoms with E-state index in [-0.39, 0.29) is 0 Å². The van der Waals surface area contributed by atoms with Crippen LogP contribution in [0, 0.1) is 0 Å². The highest BCUT2D eigenvalue weighted by Gasteiger charge is 2.40. The predicted molar refractivity (Wildman–Crippen MR) is 251 cm³/mol. The summed E-state index contributed by atoms with van der Waals surface area (Å²) in [6.07, 6.45) is 0. The molecule has 1 atom stereocenters. The van der Waals surface area contributed by atoms with Crippen LogP contribution in [-0.4, -0.2) is 9.13 Å². The highest BCUT2D eigenvalue weighted by atomic mass is 31.1. The van der Waals surface area contributed by atoms with Gasteiger partial charge in [-0.15, -0.1) is 0 Å². The zero-order valence-corrected chi connectivity index (χ0v) is 33.0. The van der Waals surface area contributed by atoms with Crippen molar-refractivity contribution in [2.24, 2.45) is 0 Å². The molecule has 278 valence electrons. The quantitative estimate of drug-likeness (QED) is 0.157. The molecular formula is C54H37N4P. The first kappa shape index (κ1) is 33.7. The first-order valence-electron chi connectivity index (χ1n) is 20.1. The predicted octanol–water partition coefficient (Wildman–Crippen LogP) is 14.5. The average Bonchev–Trinajstić information content (AvgIpc) is 3.95. The lowest BCUT2D eigenvalue weighted by Gasteiger charge is -2.32. The fraction of sp³-hybridized carbons (Fsp3) is 0. The molecule has 0 aliphatic carbocycles. The summed E-state index contributed by atoms with van der Waals surface area (Å²) in [7, 11) is -0.997. The van der Waals surface area contributed by atoms with Crippen molar-refractivity contribution in [1.29, 1.82) is 0 Å². The third-order valence-electron chi connectivity index (χ3n) is 11.7. The van der Waals surface area contributed by atoms with Gasteiger partial charge in [0.1, 0.15) is 8.22 Å². The van der Waals surface area contributed by atoms with Gasteiger partial charge < -0.3 is 9.13 Å². The summed E-state index contributed by atoms with van der Waals surface area (Å²) in [5, 5.41) is 6.29. The molecule has 0 N–H and O–H groups in total. The van der Waals surface area contributed by atoms with E-state index in [0.29, 0.717) is 0 Å². The van der Waals surface area contributed by atoms with E-state index in [9.17, 15) is 0 Å². The van der Waals surface area contributed by atoms with Gasteiger partial charge in [0.2, 0.25) is 0 Å². The van der Waals surface area contributed by atoms with E-state index in [1.165, 1.54) is 82.8 Å². The number of hydrogen-bond acceptors (Lipinski definition) is 2. The Morgan fingerprint density at radius 1 is 0.271 bits per heavy atom. The molecule has 1 unspecified atom stereocenters. The van der Waals surface area contributed by atoms with Crippen molar-refractivity contribution < 1.29 is 0 Å². The maximum absolute atomic E-state index is 2.56. The molecule has 11 aromatic rings. The molecule has 0 saturated carbocycles. The number of para-hydroxylation sites is 5. The molecule has 0 bridgehead atoms. The van der Waals surface area contributed by atoms with Crippen LogP contribution in [0.5, 0.6) is 0 Å². The van der Waals surface area contributed by atoms with Crippen molar-refractivity contribution in [2.75, 3.05) is 9.34 Å². The monoisotopic (exact) mass is 772 g/mol. The van der Waals surface area contributed by atoms with E-state index in [1.54, 1.807) is 0 Å². The van der Waals surface area contributed by atoms with Crippen molar-refractivity contribution in [3.8, 4) is 22.5 Å². The SMILES string of the molecule is c1ccc(N2c3ccc(-n4c5ccccc5c5cc(-c6ccc7c8ccccc8n(-c8ccccc8)c7c6)ccc54)cc3N(c3ccccc3)P2c2ccccc2)cc1. The van der Waals surface area contributed by atoms with Crippen molar-refractivity contribution in [3.05, 3.63) is 224 Å². The smallest absolute Gasteiger partial charge is 0.138 e. The third kappa shape index (κ3) is 5.34. The fourth-order valence-corrected chi connectivity index (χ4v) is 11.7. The first-order chi connectivity index (χ1) is 29.3. The second-order valence-corrected chi connectivity index (χ2v) is 17.0. The van der Waals surface area contributed by atoms with Crippen molar-refractivity contribution >= 4 is 79.9 Å². The molecule has 9 aromatic carbocycles. The van der Waals surface area contributed by atoms with E-state index in [4.69, 9.17) is 0 Å². The standard InChI is InChI=1S/C54H37N4P/c1-5-17-40(18-6-1)55-49-27-15-13-25-45(49)47-32-29-39(36-53(47)55)38-30-33-51-48(35-38)46-26-14-16-28-50(46)56(51)43-31-34-52-54(37-43)58(42-21-9-3-10-22-42)59(44-23-11-4-12-24-44)57(52)41-19-7-2-8-20-41/h1-37H. The Balaban J connectivity index is 1.04. The van der Waals surface area contributed by atoms with E-state index in [0.717, 1.165) is 11.4 Å². The van der Waals surface area contributed by atoms with E-state index in [2.05, 4.69) is 243 Å². The molecule has 5 heteroatoms. The Labute approximate surface area is 343 Å². The van der Waals surface area contributed by atoms with Gasteiger partial charge in [0, 0.05) is 49.6 Å². The lowest BCUT2D eigenvalue weighted by molar-refractivity contribution is 1.18. The summed E-state index contributed by atoms with van der Waals surface area (Å²) >= 11 is 0. The molecule has 1 aliphatic heterocycles. The van der Waals surface area contributed by atoms with Gasteiger partial charge in [-0.1, -0.05) is 140 Å². The number of aromatic nitrogens is 2. The Kier molecular flexibility index (Phi) is 7.79. The van der Waals surface area contributed by atoms with E-state index in [1.807, 2.05) is 0 Å². The molecule has 12 rings (SSSR count). The molecule has 3 heterocycles. The minimum Gasteiger partial charge on any atom is -0.309 e. The second kappa shape index (κ2) is 13.6. The maximum atomic E-state index is 2.56. The summed E-state index contributed by atoms with van der Waals surface area (Å²) in [5.74, 6) is 0. The van der Waals surface area contributed by atoms with E-state index >= 15 is 0 Å². The van der Waals surface area contributed by atoms with Crippen LogP contribution >= 0.6 is 8.22 Å². The van der Waals surface area contributed by atoms with Gasteiger partial charge in [-0.3, -0.25) is 9.34 Å². The number of hydrogen-bond donors (Lipinski definition) is 0. The highest BCUT2D eigenvalue weighted by molar-refractivity contribution is 7.70.